The molecule has 0 spiro atoms. The van der Waals surface area contributed by atoms with E-state index in [1.165, 1.54) is 23.5 Å². The molecular formula is C21H18ClN3O7S. The molecule has 0 bridgehead atoms. The number of ether oxygens (including phenoxy) is 3. The van der Waals surface area contributed by atoms with E-state index in [2.05, 4.69) is 4.99 Å². The molecule has 1 amide bonds. The smallest absolute Gasteiger partial charge is 0.307 e. The molecule has 3 aromatic rings. The number of hydrogen-bond acceptors (Lipinski definition) is 8. The molecule has 0 atom stereocenters. The minimum Gasteiger partial charge on any atom is -0.486 e. The molecule has 0 fully saturated rings. The molecule has 0 saturated heterocycles. The second-order valence-corrected chi connectivity index (χ2v) is 8.31. The average Bonchev–Trinajstić information content (AvgIpc) is 3.11. The van der Waals surface area contributed by atoms with Crippen LogP contribution in [0.2, 0.25) is 5.02 Å². The van der Waals surface area contributed by atoms with Gasteiger partial charge in [0.15, 0.2) is 16.3 Å². The quantitative estimate of drug-likeness (QED) is 0.292. The van der Waals surface area contributed by atoms with Crippen molar-refractivity contribution < 1.29 is 28.7 Å². The van der Waals surface area contributed by atoms with Gasteiger partial charge in [0.25, 0.3) is 11.6 Å². The lowest BCUT2D eigenvalue weighted by atomic mass is 10.2. The molecule has 0 N–H and O–H groups in total. The van der Waals surface area contributed by atoms with Crippen LogP contribution in [-0.4, -0.2) is 41.2 Å². The molecule has 172 valence electrons. The summed E-state index contributed by atoms with van der Waals surface area (Å²) in [6.45, 7) is 3.01. The molecule has 2 heterocycles. The van der Waals surface area contributed by atoms with Gasteiger partial charge in [-0.2, -0.15) is 4.99 Å². The minimum absolute atomic E-state index is 0.0470. The number of esters is 1. The minimum atomic E-state index is -0.739. The normalized spacial score (nSPS) is 13.2. The average molecular weight is 492 g/mol. The first-order chi connectivity index (χ1) is 15.9. The van der Waals surface area contributed by atoms with E-state index in [1.807, 2.05) is 0 Å². The van der Waals surface area contributed by atoms with Gasteiger partial charge in [0, 0.05) is 30.8 Å². The Morgan fingerprint density at radius 1 is 1.24 bits per heavy atom. The van der Waals surface area contributed by atoms with Gasteiger partial charge in [0.2, 0.25) is 0 Å². The van der Waals surface area contributed by atoms with E-state index in [9.17, 15) is 19.7 Å². The van der Waals surface area contributed by atoms with Crippen LogP contribution >= 0.6 is 22.9 Å². The van der Waals surface area contributed by atoms with Gasteiger partial charge in [-0.05, 0) is 13.0 Å². The van der Waals surface area contributed by atoms with Crippen LogP contribution in [0, 0.1) is 10.1 Å². The van der Waals surface area contributed by atoms with Crippen LogP contribution in [0.4, 0.5) is 5.69 Å². The van der Waals surface area contributed by atoms with Crippen LogP contribution < -0.4 is 14.3 Å². The monoisotopic (exact) mass is 491 g/mol. The van der Waals surface area contributed by atoms with Crippen molar-refractivity contribution in [2.75, 3.05) is 19.8 Å². The number of benzene rings is 2. The molecule has 1 aliphatic rings. The number of aryl methyl sites for hydroxylation is 1. The highest BCUT2D eigenvalue weighted by molar-refractivity contribution is 7.16. The Labute approximate surface area is 196 Å². The predicted octanol–water partition coefficient (Wildman–Crippen LogP) is 3.73. The number of aromatic nitrogens is 1. The van der Waals surface area contributed by atoms with E-state index in [-0.39, 0.29) is 41.8 Å². The van der Waals surface area contributed by atoms with Gasteiger partial charge in [-0.3, -0.25) is 19.7 Å². The fraction of sp³-hybridized carbons (Fsp3) is 0.286. The Balaban J connectivity index is 1.81. The van der Waals surface area contributed by atoms with E-state index in [0.29, 0.717) is 35.0 Å². The second-order valence-electron chi connectivity index (χ2n) is 6.89. The van der Waals surface area contributed by atoms with Crippen LogP contribution in [-0.2, 0) is 16.1 Å². The van der Waals surface area contributed by atoms with Gasteiger partial charge in [-0.25, -0.2) is 0 Å². The van der Waals surface area contributed by atoms with Gasteiger partial charge >= 0.3 is 5.97 Å². The second kappa shape index (κ2) is 9.59. The maximum absolute atomic E-state index is 12.9. The first-order valence-corrected chi connectivity index (χ1v) is 11.2. The van der Waals surface area contributed by atoms with Crippen molar-refractivity contribution in [2.45, 2.75) is 19.9 Å². The zero-order chi connectivity index (χ0) is 23.5. The Morgan fingerprint density at radius 2 is 1.97 bits per heavy atom. The Kier molecular flexibility index (Phi) is 6.61. The number of fused-ring (bicyclic) bond motifs is 2. The van der Waals surface area contributed by atoms with Crippen LogP contribution in [0.1, 0.15) is 23.7 Å². The zero-order valence-electron chi connectivity index (χ0n) is 17.4. The number of thiazole rings is 1. The van der Waals surface area contributed by atoms with Crippen molar-refractivity contribution in [3.63, 3.8) is 0 Å². The number of carbonyl (C=O) groups excluding carboxylic acids is 2. The number of non-ortho nitro benzene ring substituents is 1. The van der Waals surface area contributed by atoms with Crippen molar-refractivity contribution in [1.29, 1.82) is 0 Å². The Bertz CT molecular complexity index is 1330. The summed E-state index contributed by atoms with van der Waals surface area (Å²) in [6.07, 6.45) is 0.0626. The molecule has 2 aromatic carbocycles. The molecule has 10 nitrogen and oxygen atoms in total. The first kappa shape index (κ1) is 22.7. The topological polar surface area (TPSA) is 122 Å². The van der Waals surface area contributed by atoms with Crippen molar-refractivity contribution in [3.8, 4) is 11.5 Å². The lowest BCUT2D eigenvalue weighted by Crippen LogP contribution is -2.20. The maximum Gasteiger partial charge on any atom is 0.307 e. The molecule has 4 rings (SSSR count). The third kappa shape index (κ3) is 4.83. The van der Waals surface area contributed by atoms with Gasteiger partial charge in [0.05, 0.1) is 38.8 Å². The summed E-state index contributed by atoms with van der Waals surface area (Å²) in [4.78, 5) is 39.8. The van der Waals surface area contributed by atoms with Crippen molar-refractivity contribution in [1.82, 2.24) is 4.57 Å². The third-order valence-electron chi connectivity index (χ3n) is 4.78. The van der Waals surface area contributed by atoms with Gasteiger partial charge in [0.1, 0.15) is 13.2 Å². The van der Waals surface area contributed by atoms with Gasteiger partial charge in [-0.15, -0.1) is 0 Å². The van der Waals surface area contributed by atoms with Crippen molar-refractivity contribution >= 4 is 50.7 Å². The van der Waals surface area contributed by atoms with Crippen LogP contribution in [0.3, 0.4) is 0 Å². The molecular weight excluding hydrogens is 474 g/mol. The van der Waals surface area contributed by atoms with Crippen LogP contribution in [0.15, 0.2) is 35.3 Å². The molecule has 0 aliphatic carbocycles. The van der Waals surface area contributed by atoms with E-state index >= 15 is 0 Å². The Hall–Kier alpha value is -3.44. The molecule has 0 saturated carbocycles. The number of rotatable bonds is 6. The fourth-order valence-electron chi connectivity index (χ4n) is 3.28. The summed E-state index contributed by atoms with van der Waals surface area (Å²) in [5, 5.41) is 11.1. The van der Waals surface area contributed by atoms with E-state index in [4.69, 9.17) is 25.8 Å². The maximum atomic E-state index is 12.9. The van der Waals surface area contributed by atoms with Gasteiger partial charge < -0.3 is 18.8 Å². The number of halogens is 1. The number of nitro benzene ring substituents is 1. The van der Waals surface area contributed by atoms with Crippen LogP contribution in [0.5, 0.6) is 11.5 Å². The highest BCUT2D eigenvalue weighted by atomic mass is 35.5. The molecule has 0 radical (unpaired) electrons. The van der Waals surface area contributed by atoms with Crippen LogP contribution in [0.25, 0.3) is 10.2 Å². The molecule has 1 aliphatic heterocycles. The highest BCUT2D eigenvalue weighted by Gasteiger charge is 2.19. The lowest BCUT2D eigenvalue weighted by molar-refractivity contribution is -0.384. The largest absolute Gasteiger partial charge is 0.486 e. The fourth-order valence-corrected chi connectivity index (χ4v) is 4.55. The summed E-state index contributed by atoms with van der Waals surface area (Å²) in [5.41, 5.74) is 0.336. The summed E-state index contributed by atoms with van der Waals surface area (Å²) < 4.78 is 18.8. The summed E-state index contributed by atoms with van der Waals surface area (Å²) in [5.74, 6) is 0.00138. The van der Waals surface area contributed by atoms with E-state index < -0.39 is 10.8 Å². The van der Waals surface area contributed by atoms with Crippen molar-refractivity contribution in [3.05, 3.63) is 55.8 Å². The number of carbonyl (C=O) groups is 2. The molecule has 1 aromatic heterocycles. The molecule has 0 unspecified atom stereocenters. The van der Waals surface area contributed by atoms with E-state index in [1.54, 1.807) is 23.6 Å². The predicted molar refractivity (Wildman–Crippen MR) is 120 cm³/mol. The SMILES string of the molecule is CCOC(=O)CCn1c(=NC(=O)c2cc([N+](=O)[O-])ccc2Cl)sc2cc3c(cc21)OCCO3. The number of hydrogen-bond donors (Lipinski definition) is 0. The lowest BCUT2D eigenvalue weighted by Gasteiger charge is -2.18. The molecule has 12 heteroatoms. The highest BCUT2D eigenvalue weighted by Crippen LogP contribution is 2.35. The summed E-state index contributed by atoms with van der Waals surface area (Å²) in [6, 6.07) is 7.15. The molecule has 33 heavy (non-hydrogen) atoms. The van der Waals surface area contributed by atoms with Crippen molar-refractivity contribution in [2.24, 2.45) is 4.99 Å². The third-order valence-corrected chi connectivity index (χ3v) is 6.15. The number of amides is 1. The summed E-state index contributed by atoms with van der Waals surface area (Å²) >= 11 is 7.31. The Morgan fingerprint density at radius 3 is 2.67 bits per heavy atom. The number of nitro groups is 1. The summed E-state index contributed by atoms with van der Waals surface area (Å²) in [7, 11) is 0. The van der Waals surface area contributed by atoms with Gasteiger partial charge in [-0.1, -0.05) is 22.9 Å². The zero-order valence-corrected chi connectivity index (χ0v) is 19.0. The first-order valence-electron chi connectivity index (χ1n) is 9.99. The van der Waals surface area contributed by atoms with E-state index in [0.717, 1.165) is 10.8 Å². The standard InChI is InChI=1S/C21H18ClN3O7S/c1-2-30-19(26)5-6-24-15-10-16-17(32-8-7-31-16)11-18(15)33-21(24)23-20(27)13-9-12(25(28)29)3-4-14(13)22/h3-4,9-11H,2,5-8H2,1H3. The number of nitrogens with zero attached hydrogens (tertiary/aromatic N) is 3.